The second kappa shape index (κ2) is 6.76. The Balaban J connectivity index is 1.70. The van der Waals surface area contributed by atoms with Gasteiger partial charge in [-0.05, 0) is 25.5 Å². The molecule has 0 saturated heterocycles. The van der Waals surface area contributed by atoms with Gasteiger partial charge in [0.25, 0.3) is 0 Å². The summed E-state index contributed by atoms with van der Waals surface area (Å²) in [6, 6.07) is 0.736. The van der Waals surface area contributed by atoms with E-state index >= 15 is 0 Å². The first kappa shape index (κ1) is 13.4. The highest BCUT2D eigenvalue weighted by molar-refractivity contribution is 7.99. The van der Waals surface area contributed by atoms with E-state index in [2.05, 4.69) is 41.3 Å². The van der Waals surface area contributed by atoms with Gasteiger partial charge in [-0.3, -0.25) is 0 Å². The third-order valence-electron chi connectivity index (χ3n) is 3.29. The maximum Gasteiger partial charge on any atom is 0.0897 e. The molecule has 2 nitrogen and oxygen atoms in total. The van der Waals surface area contributed by atoms with Crippen LogP contribution in [0.2, 0.25) is 0 Å². The lowest BCUT2D eigenvalue weighted by Gasteiger charge is -2.19. The van der Waals surface area contributed by atoms with Crippen molar-refractivity contribution in [1.82, 2.24) is 10.3 Å². The molecule has 0 bridgehead atoms. The van der Waals surface area contributed by atoms with Crippen LogP contribution in [0.3, 0.4) is 0 Å². The zero-order chi connectivity index (χ0) is 12.1. The number of thiazole rings is 1. The summed E-state index contributed by atoms with van der Waals surface area (Å²) in [5.74, 6) is 1.24. The highest BCUT2D eigenvalue weighted by Crippen LogP contribution is 2.29. The molecular weight excluding hydrogens is 248 g/mol. The van der Waals surface area contributed by atoms with Crippen LogP contribution in [0.25, 0.3) is 0 Å². The molecule has 0 unspecified atom stereocenters. The number of hydrogen-bond acceptors (Lipinski definition) is 4. The van der Waals surface area contributed by atoms with Gasteiger partial charge < -0.3 is 5.32 Å². The number of hydrogen-bond donors (Lipinski definition) is 1. The smallest absolute Gasteiger partial charge is 0.0897 e. The molecule has 0 aromatic carbocycles. The van der Waals surface area contributed by atoms with Gasteiger partial charge in [0, 0.05) is 29.6 Å². The molecule has 96 valence electrons. The number of aromatic nitrogens is 1. The van der Waals surface area contributed by atoms with E-state index in [4.69, 9.17) is 0 Å². The van der Waals surface area contributed by atoms with E-state index in [9.17, 15) is 0 Å². The Morgan fingerprint density at radius 2 is 2.41 bits per heavy atom. The number of aryl methyl sites for hydroxylation is 1. The average molecular weight is 270 g/mol. The van der Waals surface area contributed by atoms with Gasteiger partial charge in [-0.15, -0.1) is 11.3 Å². The second-order valence-electron chi connectivity index (χ2n) is 4.59. The molecule has 0 amide bonds. The fourth-order valence-electron chi connectivity index (χ4n) is 2.48. The average Bonchev–Trinajstić information content (AvgIpc) is 2.90. The van der Waals surface area contributed by atoms with Crippen LogP contribution in [0.15, 0.2) is 5.38 Å². The van der Waals surface area contributed by atoms with E-state index in [0.717, 1.165) is 24.3 Å². The maximum absolute atomic E-state index is 4.50. The molecule has 1 fully saturated rings. The summed E-state index contributed by atoms with van der Waals surface area (Å²) in [5.41, 5.74) is 1.25. The third kappa shape index (κ3) is 3.97. The van der Waals surface area contributed by atoms with Crippen molar-refractivity contribution < 1.29 is 0 Å². The van der Waals surface area contributed by atoms with Crippen molar-refractivity contribution in [2.75, 3.05) is 12.3 Å². The molecule has 1 aromatic rings. The highest BCUT2D eigenvalue weighted by atomic mass is 32.2. The van der Waals surface area contributed by atoms with Crippen molar-refractivity contribution in [2.45, 2.75) is 50.8 Å². The molecule has 4 heteroatoms. The molecule has 0 aliphatic heterocycles. The topological polar surface area (TPSA) is 24.9 Å². The molecular formula is C13H22N2S2. The van der Waals surface area contributed by atoms with Crippen LogP contribution in [0.4, 0.5) is 0 Å². The Hall–Kier alpha value is -0.0600. The molecule has 1 N–H and O–H groups in total. The summed E-state index contributed by atoms with van der Waals surface area (Å²) < 4.78 is 0. The second-order valence-corrected chi connectivity index (χ2v) is 7.17. The van der Waals surface area contributed by atoms with Crippen LogP contribution < -0.4 is 5.32 Å². The number of thioether (sulfide) groups is 1. The molecule has 1 aliphatic rings. The zero-order valence-electron chi connectivity index (χ0n) is 10.7. The fourth-order valence-corrected chi connectivity index (χ4v) is 4.36. The number of nitrogens with one attached hydrogen (secondary N) is 1. The van der Waals surface area contributed by atoms with E-state index in [0.29, 0.717) is 0 Å². The first-order valence-corrected chi connectivity index (χ1v) is 8.48. The summed E-state index contributed by atoms with van der Waals surface area (Å²) >= 11 is 3.87. The van der Waals surface area contributed by atoms with Crippen molar-refractivity contribution in [3.8, 4) is 0 Å². The molecule has 1 heterocycles. The van der Waals surface area contributed by atoms with Crippen molar-refractivity contribution in [3.05, 3.63) is 16.1 Å². The van der Waals surface area contributed by atoms with Crippen LogP contribution in [-0.2, 0) is 6.42 Å². The van der Waals surface area contributed by atoms with Crippen molar-refractivity contribution >= 4 is 23.1 Å². The largest absolute Gasteiger partial charge is 0.312 e. The summed E-state index contributed by atoms with van der Waals surface area (Å²) in [6.45, 7) is 5.42. The Labute approximate surface area is 113 Å². The third-order valence-corrected chi connectivity index (χ3v) is 5.44. The standard InChI is InChI=1S/C13H22N2S2/c1-3-16-13-6-4-5-12(13)14-8-7-11-9-17-10(2)15-11/h9,12-14H,3-8H2,1-2H3/t12-,13+/m0/s1. The summed E-state index contributed by atoms with van der Waals surface area (Å²) in [6.07, 6.45) is 5.22. The highest BCUT2D eigenvalue weighted by Gasteiger charge is 2.26. The summed E-state index contributed by atoms with van der Waals surface area (Å²) in [5, 5.41) is 7.93. The van der Waals surface area contributed by atoms with Gasteiger partial charge in [0.05, 0.1) is 10.7 Å². The SMILES string of the molecule is CCS[C@@H]1CCC[C@@H]1NCCc1csc(C)n1. The molecule has 1 saturated carbocycles. The minimum Gasteiger partial charge on any atom is -0.312 e. The van der Waals surface area contributed by atoms with E-state index in [1.165, 1.54) is 35.7 Å². The first-order valence-electron chi connectivity index (χ1n) is 6.55. The van der Waals surface area contributed by atoms with Gasteiger partial charge in [0.1, 0.15) is 0 Å². The zero-order valence-corrected chi connectivity index (χ0v) is 12.4. The monoisotopic (exact) mass is 270 g/mol. The van der Waals surface area contributed by atoms with Crippen LogP contribution in [0, 0.1) is 6.92 Å². The van der Waals surface area contributed by atoms with Gasteiger partial charge in [-0.25, -0.2) is 4.98 Å². The van der Waals surface area contributed by atoms with Crippen molar-refractivity contribution in [1.29, 1.82) is 0 Å². The van der Waals surface area contributed by atoms with Crippen LogP contribution in [0.5, 0.6) is 0 Å². The Kier molecular flexibility index (Phi) is 5.32. The molecule has 2 atom stereocenters. The quantitative estimate of drug-likeness (QED) is 0.859. The van der Waals surface area contributed by atoms with Crippen LogP contribution in [-0.4, -0.2) is 28.6 Å². The predicted molar refractivity (Wildman–Crippen MR) is 78.1 cm³/mol. The molecule has 2 rings (SSSR count). The minimum absolute atomic E-state index is 0.736. The van der Waals surface area contributed by atoms with E-state index < -0.39 is 0 Å². The molecule has 17 heavy (non-hydrogen) atoms. The Morgan fingerprint density at radius 3 is 3.12 bits per heavy atom. The van der Waals surface area contributed by atoms with Crippen LogP contribution >= 0.6 is 23.1 Å². The van der Waals surface area contributed by atoms with E-state index in [-0.39, 0.29) is 0 Å². The summed E-state index contributed by atoms with van der Waals surface area (Å²) in [7, 11) is 0. The lowest BCUT2D eigenvalue weighted by atomic mass is 10.2. The maximum atomic E-state index is 4.50. The van der Waals surface area contributed by atoms with Gasteiger partial charge >= 0.3 is 0 Å². The Bertz CT molecular complexity index is 338. The van der Waals surface area contributed by atoms with Gasteiger partial charge in [-0.1, -0.05) is 13.3 Å². The van der Waals surface area contributed by atoms with Gasteiger partial charge in [-0.2, -0.15) is 11.8 Å². The normalized spacial score (nSPS) is 24.4. The summed E-state index contributed by atoms with van der Waals surface area (Å²) in [4.78, 5) is 4.50. The predicted octanol–water partition coefficient (Wildman–Crippen LogP) is 3.26. The van der Waals surface area contributed by atoms with E-state index in [1.807, 2.05) is 0 Å². The fraction of sp³-hybridized carbons (Fsp3) is 0.769. The molecule has 0 spiro atoms. The minimum atomic E-state index is 0.736. The number of rotatable bonds is 6. The van der Waals surface area contributed by atoms with Crippen LogP contribution in [0.1, 0.15) is 36.9 Å². The molecule has 1 aromatic heterocycles. The lowest BCUT2D eigenvalue weighted by molar-refractivity contribution is 0.534. The van der Waals surface area contributed by atoms with Crippen molar-refractivity contribution in [2.24, 2.45) is 0 Å². The first-order chi connectivity index (χ1) is 8.29. The molecule has 0 radical (unpaired) electrons. The molecule has 1 aliphatic carbocycles. The van der Waals surface area contributed by atoms with Gasteiger partial charge in [0.15, 0.2) is 0 Å². The number of nitrogens with zero attached hydrogens (tertiary/aromatic N) is 1. The lowest BCUT2D eigenvalue weighted by Crippen LogP contribution is -2.35. The van der Waals surface area contributed by atoms with Crippen molar-refractivity contribution in [3.63, 3.8) is 0 Å². The van der Waals surface area contributed by atoms with Gasteiger partial charge in [0.2, 0.25) is 0 Å². The van der Waals surface area contributed by atoms with E-state index in [1.54, 1.807) is 11.3 Å². The Morgan fingerprint density at radius 1 is 1.53 bits per heavy atom.